The van der Waals surface area contributed by atoms with Crippen molar-refractivity contribution in [1.29, 1.82) is 0 Å². The van der Waals surface area contributed by atoms with Gasteiger partial charge in [0.05, 0.1) is 19.3 Å². The molecule has 0 spiro atoms. The molecule has 1 amide bonds. The van der Waals surface area contributed by atoms with Crippen LogP contribution in [0.15, 0.2) is 22.8 Å². The van der Waals surface area contributed by atoms with Crippen LogP contribution in [0.3, 0.4) is 0 Å². The average molecular weight is 364 g/mol. The normalized spacial score (nSPS) is 20.4. The van der Waals surface area contributed by atoms with E-state index in [1.807, 2.05) is 11.0 Å². The second-order valence-electron chi connectivity index (χ2n) is 3.72. The lowest BCUT2D eigenvalue weighted by molar-refractivity contribution is 0.00486. The van der Waals surface area contributed by atoms with E-state index in [4.69, 9.17) is 4.74 Å². The molecular formula is C11H12Br2N2O2. The van der Waals surface area contributed by atoms with E-state index in [2.05, 4.69) is 36.8 Å². The summed E-state index contributed by atoms with van der Waals surface area (Å²) in [6.07, 6.45) is 1.63. The Kier molecular flexibility index (Phi) is 4.53. The number of pyridine rings is 1. The van der Waals surface area contributed by atoms with Crippen molar-refractivity contribution in [1.82, 2.24) is 9.88 Å². The highest BCUT2D eigenvalue weighted by Crippen LogP contribution is 2.18. The van der Waals surface area contributed by atoms with Gasteiger partial charge >= 0.3 is 0 Å². The monoisotopic (exact) mass is 362 g/mol. The van der Waals surface area contributed by atoms with Crippen molar-refractivity contribution in [3.8, 4) is 0 Å². The van der Waals surface area contributed by atoms with Gasteiger partial charge in [-0.2, -0.15) is 0 Å². The summed E-state index contributed by atoms with van der Waals surface area (Å²) in [5.74, 6) is -0.0507. The number of morpholine rings is 1. The lowest BCUT2D eigenvalue weighted by Crippen LogP contribution is -2.49. The number of nitrogens with zero attached hydrogens (tertiary/aromatic N) is 2. The molecule has 1 aromatic heterocycles. The van der Waals surface area contributed by atoms with Gasteiger partial charge in [0.1, 0.15) is 5.69 Å². The molecule has 0 N–H and O–H groups in total. The van der Waals surface area contributed by atoms with Crippen molar-refractivity contribution in [2.24, 2.45) is 0 Å². The highest BCUT2D eigenvalue weighted by atomic mass is 79.9. The van der Waals surface area contributed by atoms with Gasteiger partial charge in [-0.3, -0.25) is 4.79 Å². The Morgan fingerprint density at radius 1 is 1.65 bits per heavy atom. The van der Waals surface area contributed by atoms with Crippen LogP contribution in [0.4, 0.5) is 0 Å². The maximum Gasteiger partial charge on any atom is 0.274 e. The first kappa shape index (κ1) is 13.0. The van der Waals surface area contributed by atoms with Crippen molar-refractivity contribution in [2.45, 2.75) is 6.04 Å². The van der Waals surface area contributed by atoms with E-state index in [1.54, 1.807) is 12.3 Å². The number of hydrogen-bond acceptors (Lipinski definition) is 3. The Morgan fingerprint density at radius 3 is 3.18 bits per heavy atom. The fraction of sp³-hybridized carbons (Fsp3) is 0.455. The van der Waals surface area contributed by atoms with Gasteiger partial charge in [-0.1, -0.05) is 15.9 Å². The van der Waals surface area contributed by atoms with Gasteiger partial charge in [0.15, 0.2) is 0 Å². The predicted octanol–water partition coefficient (Wildman–Crippen LogP) is 2.08. The Balaban J connectivity index is 2.21. The Hall–Kier alpha value is -0.460. The van der Waals surface area contributed by atoms with Crippen LogP contribution in [0.1, 0.15) is 10.5 Å². The maximum absolute atomic E-state index is 12.3. The highest BCUT2D eigenvalue weighted by molar-refractivity contribution is 9.10. The summed E-state index contributed by atoms with van der Waals surface area (Å²) in [5, 5.41) is 0.712. The standard InChI is InChI=1S/C11H12Br2N2O2/c12-6-8-7-17-5-4-15(8)11(16)10-9(13)2-1-3-14-10/h1-3,8H,4-7H2. The van der Waals surface area contributed by atoms with Crippen LogP contribution in [0.25, 0.3) is 0 Å². The summed E-state index contributed by atoms with van der Waals surface area (Å²) in [6, 6.07) is 3.69. The van der Waals surface area contributed by atoms with Gasteiger partial charge in [0.2, 0.25) is 0 Å². The Bertz CT molecular complexity index is 414. The lowest BCUT2D eigenvalue weighted by atomic mass is 10.2. The van der Waals surface area contributed by atoms with Crippen LogP contribution in [-0.4, -0.2) is 46.9 Å². The molecule has 1 fully saturated rings. The minimum Gasteiger partial charge on any atom is -0.377 e. The van der Waals surface area contributed by atoms with E-state index in [0.29, 0.717) is 30.8 Å². The van der Waals surface area contributed by atoms with E-state index in [0.717, 1.165) is 4.47 Å². The molecule has 2 heterocycles. The average Bonchev–Trinajstić information content (AvgIpc) is 2.38. The first-order chi connectivity index (χ1) is 8.24. The maximum atomic E-state index is 12.3. The molecule has 1 atom stereocenters. The second kappa shape index (κ2) is 5.93. The van der Waals surface area contributed by atoms with Crippen molar-refractivity contribution in [2.75, 3.05) is 25.1 Å². The lowest BCUT2D eigenvalue weighted by Gasteiger charge is -2.34. The number of ether oxygens (including phenoxy) is 1. The first-order valence-corrected chi connectivity index (χ1v) is 7.20. The summed E-state index contributed by atoms with van der Waals surface area (Å²) in [6.45, 7) is 1.76. The molecule has 4 nitrogen and oxygen atoms in total. The zero-order valence-electron chi connectivity index (χ0n) is 9.10. The predicted molar refractivity (Wildman–Crippen MR) is 71.4 cm³/mol. The number of halogens is 2. The van der Waals surface area contributed by atoms with E-state index < -0.39 is 0 Å². The van der Waals surface area contributed by atoms with Crippen LogP contribution < -0.4 is 0 Å². The van der Waals surface area contributed by atoms with Crippen molar-refractivity contribution in [3.63, 3.8) is 0 Å². The zero-order chi connectivity index (χ0) is 12.3. The van der Waals surface area contributed by atoms with E-state index in [9.17, 15) is 4.79 Å². The Morgan fingerprint density at radius 2 is 2.47 bits per heavy atom. The number of carbonyl (C=O) groups excluding carboxylic acids is 1. The SMILES string of the molecule is O=C(c1ncccc1Br)N1CCOCC1CBr. The zero-order valence-corrected chi connectivity index (χ0v) is 12.3. The van der Waals surface area contributed by atoms with Gasteiger partial charge in [-0.15, -0.1) is 0 Å². The number of hydrogen-bond donors (Lipinski definition) is 0. The molecule has 1 aromatic rings. The molecule has 1 aliphatic rings. The minimum absolute atomic E-state index is 0.0507. The molecule has 17 heavy (non-hydrogen) atoms. The molecule has 0 aromatic carbocycles. The smallest absolute Gasteiger partial charge is 0.274 e. The number of amides is 1. The van der Waals surface area contributed by atoms with Crippen LogP contribution in [-0.2, 0) is 4.74 Å². The third-order valence-electron chi connectivity index (χ3n) is 2.63. The summed E-state index contributed by atoms with van der Waals surface area (Å²) in [5.41, 5.74) is 0.459. The summed E-state index contributed by atoms with van der Waals surface area (Å²) in [4.78, 5) is 18.3. The van der Waals surface area contributed by atoms with Crippen molar-refractivity contribution < 1.29 is 9.53 Å². The highest BCUT2D eigenvalue weighted by Gasteiger charge is 2.28. The van der Waals surface area contributed by atoms with Crippen LogP contribution in [0, 0.1) is 0 Å². The second-order valence-corrected chi connectivity index (χ2v) is 5.22. The van der Waals surface area contributed by atoms with Crippen molar-refractivity contribution in [3.05, 3.63) is 28.5 Å². The molecule has 1 saturated heterocycles. The van der Waals surface area contributed by atoms with Gasteiger partial charge in [0.25, 0.3) is 5.91 Å². The molecule has 0 bridgehead atoms. The first-order valence-electron chi connectivity index (χ1n) is 5.29. The molecule has 0 saturated carbocycles. The fourth-order valence-corrected chi connectivity index (χ4v) is 2.69. The van der Waals surface area contributed by atoms with E-state index in [1.165, 1.54) is 0 Å². The largest absolute Gasteiger partial charge is 0.377 e. The summed E-state index contributed by atoms with van der Waals surface area (Å²) < 4.78 is 6.09. The van der Waals surface area contributed by atoms with Gasteiger partial charge in [-0.25, -0.2) is 4.98 Å². The Labute approximate surface area is 117 Å². The van der Waals surface area contributed by atoms with E-state index >= 15 is 0 Å². The quantitative estimate of drug-likeness (QED) is 0.755. The van der Waals surface area contributed by atoms with Gasteiger partial charge in [0, 0.05) is 22.5 Å². The minimum atomic E-state index is -0.0507. The molecule has 2 rings (SSSR count). The third kappa shape index (κ3) is 2.86. The van der Waals surface area contributed by atoms with Gasteiger partial charge in [-0.05, 0) is 28.1 Å². The molecule has 1 aliphatic heterocycles. The number of carbonyl (C=O) groups is 1. The molecule has 0 radical (unpaired) electrons. The molecule has 92 valence electrons. The molecule has 6 heteroatoms. The molecule has 0 aliphatic carbocycles. The summed E-state index contributed by atoms with van der Waals surface area (Å²) >= 11 is 6.76. The number of aromatic nitrogens is 1. The fourth-order valence-electron chi connectivity index (χ4n) is 1.73. The van der Waals surface area contributed by atoms with Crippen LogP contribution in [0.5, 0.6) is 0 Å². The van der Waals surface area contributed by atoms with Crippen LogP contribution in [0.2, 0.25) is 0 Å². The van der Waals surface area contributed by atoms with Gasteiger partial charge < -0.3 is 9.64 Å². The molecular weight excluding hydrogens is 352 g/mol. The topological polar surface area (TPSA) is 42.4 Å². The van der Waals surface area contributed by atoms with Crippen molar-refractivity contribution >= 4 is 37.8 Å². The molecule has 1 unspecified atom stereocenters. The number of rotatable bonds is 2. The summed E-state index contributed by atoms with van der Waals surface area (Å²) in [7, 11) is 0. The van der Waals surface area contributed by atoms with E-state index in [-0.39, 0.29) is 11.9 Å². The third-order valence-corrected chi connectivity index (χ3v) is 4.01. The van der Waals surface area contributed by atoms with Crippen LogP contribution >= 0.6 is 31.9 Å². The number of alkyl halides is 1.